The van der Waals surface area contributed by atoms with Crippen LogP contribution in [0.4, 0.5) is 0 Å². The molecular formula is C15H32N2O3. The number of ether oxygens (including phenoxy) is 1. The van der Waals surface area contributed by atoms with Crippen molar-refractivity contribution < 1.29 is 14.3 Å². The lowest BCUT2D eigenvalue weighted by Crippen LogP contribution is -2.47. The first-order chi connectivity index (χ1) is 9.67. The Labute approximate surface area is 124 Å². The summed E-state index contributed by atoms with van der Waals surface area (Å²) in [5, 5.41) is 2.90. The van der Waals surface area contributed by atoms with E-state index in [0.717, 1.165) is 25.9 Å². The van der Waals surface area contributed by atoms with Crippen LogP contribution in [0.3, 0.4) is 0 Å². The van der Waals surface area contributed by atoms with E-state index in [1.165, 1.54) is 7.11 Å². The second kappa shape index (κ2) is 14.3. The van der Waals surface area contributed by atoms with E-state index in [9.17, 15) is 9.59 Å². The van der Waals surface area contributed by atoms with Gasteiger partial charge in [0, 0.05) is 32.7 Å². The van der Waals surface area contributed by atoms with Gasteiger partial charge in [-0.25, -0.2) is 0 Å². The zero-order valence-corrected chi connectivity index (χ0v) is 14.0. The normalized spacial score (nSPS) is 14.4. The van der Waals surface area contributed by atoms with Crippen LogP contribution in [-0.4, -0.2) is 49.6 Å². The summed E-state index contributed by atoms with van der Waals surface area (Å²) < 4.78 is 4.75. The van der Waals surface area contributed by atoms with Gasteiger partial charge in [-0.05, 0) is 12.8 Å². The van der Waals surface area contributed by atoms with Crippen LogP contribution in [0.15, 0.2) is 0 Å². The van der Waals surface area contributed by atoms with E-state index in [-0.39, 0.29) is 24.5 Å². The first-order valence-electron chi connectivity index (χ1n) is 7.73. The highest BCUT2D eigenvalue weighted by Gasteiger charge is 2.22. The number of amides is 2. The molecule has 1 aliphatic rings. The predicted octanol–water partition coefficient (Wildman–Crippen LogP) is 2.20. The molecule has 0 unspecified atom stereocenters. The Balaban J connectivity index is 0. The molecule has 120 valence electrons. The fourth-order valence-corrected chi connectivity index (χ4v) is 1.90. The lowest BCUT2D eigenvalue weighted by molar-refractivity contribution is -0.132. The molecule has 0 spiro atoms. The number of nitrogens with one attached hydrogen (secondary N) is 1. The lowest BCUT2D eigenvalue weighted by atomic mass is 10.0. The number of rotatable bonds is 4. The Hall–Kier alpha value is -1.10. The third-order valence-corrected chi connectivity index (χ3v) is 2.79. The van der Waals surface area contributed by atoms with Gasteiger partial charge < -0.3 is 15.0 Å². The summed E-state index contributed by atoms with van der Waals surface area (Å²) in [7, 11) is 1.50. The highest BCUT2D eigenvalue weighted by atomic mass is 16.5. The molecule has 1 rings (SSSR count). The Bertz CT molecular complexity index is 250. The van der Waals surface area contributed by atoms with Crippen LogP contribution in [0.2, 0.25) is 0 Å². The van der Waals surface area contributed by atoms with Gasteiger partial charge in [-0.3, -0.25) is 9.59 Å². The maximum absolute atomic E-state index is 11.4. The summed E-state index contributed by atoms with van der Waals surface area (Å²) in [5.41, 5.74) is 0. The van der Waals surface area contributed by atoms with Crippen LogP contribution in [0.1, 0.15) is 53.9 Å². The van der Waals surface area contributed by atoms with Crippen LogP contribution in [0.25, 0.3) is 0 Å². The minimum atomic E-state index is -0.0808. The summed E-state index contributed by atoms with van der Waals surface area (Å²) in [6.07, 6.45) is 2.23. The molecule has 1 aliphatic heterocycles. The number of carbonyl (C=O) groups is 2. The van der Waals surface area contributed by atoms with Gasteiger partial charge in [-0.2, -0.15) is 0 Å². The average molecular weight is 288 g/mol. The van der Waals surface area contributed by atoms with E-state index in [0.29, 0.717) is 6.42 Å². The molecule has 5 heteroatoms. The molecular weight excluding hydrogens is 256 g/mol. The maximum Gasteiger partial charge on any atom is 0.246 e. The molecule has 1 heterocycles. The van der Waals surface area contributed by atoms with Crippen molar-refractivity contribution in [2.45, 2.75) is 59.9 Å². The smallest absolute Gasteiger partial charge is 0.246 e. The van der Waals surface area contributed by atoms with Crippen molar-refractivity contribution in [1.82, 2.24) is 10.2 Å². The van der Waals surface area contributed by atoms with Crippen molar-refractivity contribution in [2.75, 3.05) is 26.8 Å². The topological polar surface area (TPSA) is 58.6 Å². The number of hydrogen-bond acceptors (Lipinski definition) is 3. The second-order valence-corrected chi connectivity index (χ2v) is 4.01. The van der Waals surface area contributed by atoms with Gasteiger partial charge in [-0.15, -0.1) is 0 Å². The zero-order chi connectivity index (χ0) is 16.0. The number of methoxy groups -OCH3 is 1. The van der Waals surface area contributed by atoms with Gasteiger partial charge >= 0.3 is 0 Å². The third kappa shape index (κ3) is 8.91. The Kier molecular flexibility index (Phi) is 15.2. The number of hydrogen-bond donors (Lipinski definition) is 1. The van der Waals surface area contributed by atoms with Crippen LogP contribution in [0.5, 0.6) is 0 Å². The molecule has 5 nitrogen and oxygen atoms in total. The van der Waals surface area contributed by atoms with E-state index in [4.69, 9.17) is 4.74 Å². The van der Waals surface area contributed by atoms with Crippen molar-refractivity contribution in [2.24, 2.45) is 0 Å². The number of nitrogens with zero attached hydrogens (tertiary/aromatic N) is 1. The van der Waals surface area contributed by atoms with E-state index in [1.54, 1.807) is 0 Å². The molecule has 1 N–H and O–H groups in total. The number of piperidine rings is 1. The van der Waals surface area contributed by atoms with Crippen molar-refractivity contribution in [3.63, 3.8) is 0 Å². The van der Waals surface area contributed by atoms with Crippen molar-refractivity contribution in [1.29, 1.82) is 0 Å². The largest absolute Gasteiger partial charge is 0.375 e. The molecule has 0 aromatic rings. The van der Waals surface area contributed by atoms with Crippen molar-refractivity contribution in [3.8, 4) is 0 Å². The molecule has 0 saturated carbocycles. The monoisotopic (exact) mass is 288 g/mol. The first-order valence-corrected chi connectivity index (χ1v) is 7.73. The minimum Gasteiger partial charge on any atom is -0.375 e. The van der Waals surface area contributed by atoms with Crippen LogP contribution < -0.4 is 5.32 Å². The van der Waals surface area contributed by atoms with Crippen LogP contribution in [0, 0.1) is 0 Å². The summed E-state index contributed by atoms with van der Waals surface area (Å²) in [6.45, 7) is 11.5. The van der Waals surface area contributed by atoms with Gasteiger partial charge in [-0.1, -0.05) is 34.6 Å². The summed E-state index contributed by atoms with van der Waals surface area (Å²) >= 11 is 0. The molecule has 0 aromatic carbocycles. The molecule has 0 aliphatic carbocycles. The van der Waals surface area contributed by atoms with Gasteiger partial charge in [0.15, 0.2) is 0 Å². The molecule has 0 bridgehead atoms. The zero-order valence-electron chi connectivity index (χ0n) is 14.0. The number of likely N-dealkylation sites (tertiary alicyclic amines) is 1. The maximum atomic E-state index is 11.4. The molecule has 0 aromatic heterocycles. The Morgan fingerprint density at radius 2 is 1.65 bits per heavy atom. The van der Waals surface area contributed by atoms with E-state index in [2.05, 4.69) is 5.32 Å². The molecule has 1 fully saturated rings. The SMILES string of the molecule is CC.CC.CCC(=O)N1CCC(NC(=O)COC)CC1. The van der Waals surface area contributed by atoms with Crippen molar-refractivity contribution in [3.05, 3.63) is 0 Å². The van der Waals surface area contributed by atoms with Gasteiger partial charge in [0.25, 0.3) is 0 Å². The van der Waals surface area contributed by atoms with Crippen molar-refractivity contribution >= 4 is 11.8 Å². The van der Waals surface area contributed by atoms with Gasteiger partial charge in [0.2, 0.25) is 11.8 Å². The molecule has 1 saturated heterocycles. The van der Waals surface area contributed by atoms with Gasteiger partial charge in [0.05, 0.1) is 0 Å². The van der Waals surface area contributed by atoms with Crippen LogP contribution >= 0.6 is 0 Å². The minimum absolute atomic E-state index is 0.0808. The summed E-state index contributed by atoms with van der Waals surface area (Å²) in [6, 6.07) is 0.184. The predicted molar refractivity (Wildman–Crippen MR) is 82.6 cm³/mol. The quantitative estimate of drug-likeness (QED) is 0.863. The van der Waals surface area contributed by atoms with E-state index in [1.807, 2.05) is 39.5 Å². The third-order valence-electron chi connectivity index (χ3n) is 2.79. The summed E-state index contributed by atoms with van der Waals surface area (Å²) in [4.78, 5) is 24.5. The van der Waals surface area contributed by atoms with Gasteiger partial charge in [0.1, 0.15) is 6.61 Å². The average Bonchev–Trinajstić information content (AvgIpc) is 2.51. The van der Waals surface area contributed by atoms with Crippen LogP contribution in [-0.2, 0) is 14.3 Å². The number of carbonyl (C=O) groups excluding carboxylic acids is 2. The molecule has 2 amide bonds. The van der Waals surface area contributed by atoms with E-state index >= 15 is 0 Å². The fourth-order valence-electron chi connectivity index (χ4n) is 1.90. The standard InChI is InChI=1S/C11H20N2O3.2C2H6/c1-3-11(15)13-6-4-9(5-7-13)12-10(14)8-16-2;2*1-2/h9H,3-8H2,1-2H3,(H,12,14);2*1-2H3. The Morgan fingerprint density at radius 1 is 1.15 bits per heavy atom. The van der Waals surface area contributed by atoms with E-state index < -0.39 is 0 Å². The summed E-state index contributed by atoms with van der Waals surface area (Å²) in [5.74, 6) is 0.115. The second-order valence-electron chi connectivity index (χ2n) is 4.01. The molecule has 20 heavy (non-hydrogen) atoms. The fraction of sp³-hybridized carbons (Fsp3) is 0.867. The highest BCUT2D eigenvalue weighted by molar-refractivity contribution is 5.78. The molecule has 0 atom stereocenters. The first kappa shape index (κ1) is 21.2. The highest BCUT2D eigenvalue weighted by Crippen LogP contribution is 2.11. The lowest BCUT2D eigenvalue weighted by Gasteiger charge is -2.32. The molecule has 0 radical (unpaired) electrons. The Morgan fingerprint density at radius 3 is 2.05 bits per heavy atom.